The van der Waals surface area contributed by atoms with E-state index >= 15 is 0 Å². The van der Waals surface area contributed by atoms with Crippen LogP contribution in [0.3, 0.4) is 0 Å². The largest absolute Gasteiger partial charge is 0.341 e. The van der Waals surface area contributed by atoms with Gasteiger partial charge in [-0.1, -0.05) is 0 Å². The van der Waals surface area contributed by atoms with E-state index in [2.05, 4.69) is 9.97 Å². The maximum absolute atomic E-state index is 13.2. The molecule has 0 unspecified atom stereocenters. The molecule has 0 atom stereocenters. The number of aromatic amines is 1. The molecule has 0 aliphatic rings. The molecule has 1 aromatic heterocycles. The molecule has 1 heterocycles. The molecular formula is C10H7F3N2O. The van der Waals surface area contributed by atoms with E-state index in [0.29, 0.717) is 0 Å². The lowest BCUT2D eigenvalue weighted by atomic mass is 10.3. The highest BCUT2D eigenvalue weighted by Gasteiger charge is 2.17. The summed E-state index contributed by atoms with van der Waals surface area (Å²) < 4.78 is 38.9. The summed E-state index contributed by atoms with van der Waals surface area (Å²) in [5, 5.41) is 0. The minimum absolute atomic E-state index is 0.0304. The van der Waals surface area contributed by atoms with Gasteiger partial charge in [0.1, 0.15) is 17.1 Å². The number of carbonyl (C=O) groups excluding carboxylic acids is 1. The van der Waals surface area contributed by atoms with Gasteiger partial charge in [0, 0.05) is 6.07 Å². The van der Waals surface area contributed by atoms with E-state index in [4.69, 9.17) is 0 Å². The van der Waals surface area contributed by atoms with Crippen LogP contribution in [0.15, 0.2) is 6.07 Å². The Labute approximate surface area is 88.3 Å². The number of Topliss-reactive ketones (excluding diaryl/α,β-unsaturated/α-hetero) is 1. The van der Waals surface area contributed by atoms with Crippen LogP contribution >= 0.6 is 0 Å². The third-order valence-corrected chi connectivity index (χ3v) is 2.08. The van der Waals surface area contributed by atoms with Crippen LogP contribution in [-0.4, -0.2) is 15.8 Å². The molecule has 84 valence electrons. The number of H-pyrrole nitrogens is 1. The van der Waals surface area contributed by atoms with E-state index in [9.17, 15) is 18.0 Å². The summed E-state index contributed by atoms with van der Waals surface area (Å²) in [7, 11) is 0. The van der Waals surface area contributed by atoms with Crippen molar-refractivity contribution in [1.82, 2.24) is 9.97 Å². The summed E-state index contributed by atoms with van der Waals surface area (Å²) in [4.78, 5) is 17.1. The van der Waals surface area contributed by atoms with Crippen LogP contribution < -0.4 is 0 Å². The first kappa shape index (κ1) is 10.7. The topological polar surface area (TPSA) is 45.8 Å². The van der Waals surface area contributed by atoms with Crippen molar-refractivity contribution in [2.45, 2.75) is 13.3 Å². The van der Waals surface area contributed by atoms with Gasteiger partial charge in [-0.2, -0.15) is 0 Å². The van der Waals surface area contributed by atoms with Crippen LogP contribution in [0, 0.1) is 17.5 Å². The number of benzene rings is 1. The summed E-state index contributed by atoms with van der Waals surface area (Å²) >= 11 is 0. The van der Waals surface area contributed by atoms with Crippen molar-refractivity contribution in [2.24, 2.45) is 0 Å². The molecule has 0 bridgehead atoms. The monoisotopic (exact) mass is 228 g/mol. The molecule has 3 nitrogen and oxygen atoms in total. The van der Waals surface area contributed by atoms with Crippen LogP contribution in [0.5, 0.6) is 0 Å². The number of hydrogen-bond donors (Lipinski definition) is 1. The standard InChI is InChI=1S/C10H7F3N2O/c1-4(16)2-7-14-6-3-5(11)8(12)9(13)10(6)15-7/h3H,2H2,1H3,(H,14,15). The fraction of sp³-hybridized carbons (Fsp3) is 0.200. The summed E-state index contributed by atoms with van der Waals surface area (Å²) in [6.07, 6.45) is -0.0304. The molecule has 6 heteroatoms. The van der Waals surface area contributed by atoms with Crippen molar-refractivity contribution >= 4 is 16.8 Å². The minimum Gasteiger partial charge on any atom is -0.341 e. The Morgan fingerprint density at radius 3 is 2.69 bits per heavy atom. The molecule has 1 aromatic carbocycles. The Hall–Kier alpha value is -1.85. The SMILES string of the molecule is CC(=O)Cc1nc2c(F)c(F)c(F)cc2[nH]1. The molecule has 2 rings (SSSR count). The van der Waals surface area contributed by atoms with Crippen LogP contribution in [0.25, 0.3) is 11.0 Å². The number of nitrogens with one attached hydrogen (secondary N) is 1. The molecule has 1 N–H and O–H groups in total. The zero-order valence-electron chi connectivity index (χ0n) is 8.27. The number of fused-ring (bicyclic) bond motifs is 1. The summed E-state index contributed by atoms with van der Waals surface area (Å²) in [5.41, 5.74) is -0.261. The second-order valence-electron chi connectivity index (χ2n) is 3.44. The third-order valence-electron chi connectivity index (χ3n) is 2.08. The van der Waals surface area contributed by atoms with Crippen LogP contribution in [-0.2, 0) is 11.2 Å². The molecule has 0 aliphatic heterocycles. The Kier molecular flexibility index (Phi) is 2.41. The lowest BCUT2D eigenvalue weighted by molar-refractivity contribution is -0.116. The molecule has 0 aliphatic carbocycles. The van der Waals surface area contributed by atoms with Crippen molar-refractivity contribution in [3.63, 3.8) is 0 Å². The number of ketones is 1. The maximum Gasteiger partial charge on any atom is 0.196 e. The molecule has 0 saturated heterocycles. The number of rotatable bonds is 2. The zero-order chi connectivity index (χ0) is 11.9. The third kappa shape index (κ3) is 1.66. The van der Waals surface area contributed by atoms with Crippen molar-refractivity contribution in [3.8, 4) is 0 Å². The van der Waals surface area contributed by atoms with E-state index in [1.54, 1.807) is 0 Å². The maximum atomic E-state index is 13.2. The van der Waals surface area contributed by atoms with Gasteiger partial charge in [-0.15, -0.1) is 0 Å². The van der Waals surface area contributed by atoms with Crippen LogP contribution in [0.4, 0.5) is 13.2 Å². The molecule has 0 radical (unpaired) electrons. The van der Waals surface area contributed by atoms with E-state index < -0.39 is 17.5 Å². The highest BCUT2D eigenvalue weighted by atomic mass is 19.2. The number of aromatic nitrogens is 2. The molecule has 0 fully saturated rings. The molecule has 0 spiro atoms. The first-order valence-electron chi connectivity index (χ1n) is 4.50. The van der Waals surface area contributed by atoms with E-state index in [1.165, 1.54) is 6.92 Å². The zero-order valence-corrected chi connectivity index (χ0v) is 8.27. The van der Waals surface area contributed by atoms with Gasteiger partial charge in [0.05, 0.1) is 11.9 Å². The highest BCUT2D eigenvalue weighted by Crippen LogP contribution is 2.21. The first-order valence-corrected chi connectivity index (χ1v) is 4.50. The number of nitrogens with zero attached hydrogens (tertiary/aromatic N) is 1. The van der Waals surface area contributed by atoms with Gasteiger partial charge in [-0.25, -0.2) is 18.2 Å². The van der Waals surface area contributed by atoms with Gasteiger partial charge in [0.15, 0.2) is 17.5 Å². The van der Waals surface area contributed by atoms with Crippen LogP contribution in [0.1, 0.15) is 12.7 Å². The van der Waals surface area contributed by atoms with Crippen LogP contribution in [0.2, 0.25) is 0 Å². The van der Waals surface area contributed by atoms with Crippen molar-refractivity contribution in [2.75, 3.05) is 0 Å². The van der Waals surface area contributed by atoms with Gasteiger partial charge in [0.25, 0.3) is 0 Å². The molecular weight excluding hydrogens is 221 g/mol. The smallest absolute Gasteiger partial charge is 0.196 e. The predicted octanol–water partition coefficient (Wildman–Crippen LogP) is 2.11. The molecule has 2 aromatic rings. The fourth-order valence-electron chi connectivity index (χ4n) is 1.43. The lowest BCUT2D eigenvalue weighted by Crippen LogP contribution is -1.97. The van der Waals surface area contributed by atoms with Gasteiger partial charge in [-0.3, -0.25) is 4.79 Å². The van der Waals surface area contributed by atoms with Gasteiger partial charge in [0.2, 0.25) is 0 Å². The molecule has 0 saturated carbocycles. The van der Waals surface area contributed by atoms with Gasteiger partial charge in [-0.05, 0) is 6.92 Å². The summed E-state index contributed by atoms with van der Waals surface area (Å²) in [6.45, 7) is 1.34. The summed E-state index contributed by atoms with van der Waals surface area (Å²) in [6, 6.07) is 0.810. The second kappa shape index (κ2) is 3.62. The second-order valence-corrected chi connectivity index (χ2v) is 3.44. The van der Waals surface area contributed by atoms with Gasteiger partial charge < -0.3 is 4.98 Å². The average molecular weight is 228 g/mol. The Morgan fingerprint density at radius 2 is 2.06 bits per heavy atom. The van der Waals surface area contributed by atoms with Crippen molar-refractivity contribution in [3.05, 3.63) is 29.3 Å². The quantitative estimate of drug-likeness (QED) is 0.800. The van der Waals surface area contributed by atoms with Crippen molar-refractivity contribution < 1.29 is 18.0 Å². The van der Waals surface area contributed by atoms with Crippen molar-refractivity contribution in [1.29, 1.82) is 0 Å². The Bertz CT molecular complexity index is 577. The van der Waals surface area contributed by atoms with E-state index in [0.717, 1.165) is 6.07 Å². The molecule has 0 amide bonds. The fourth-order valence-corrected chi connectivity index (χ4v) is 1.43. The number of hydrogen-bond acceptors (Lipinski definition) is 2. The molecule has 16 heavy (non-hydrogen) atoms. The minimum atomic E-state index is -1.56. The van der Waals surface area contributed by atoms with Gasteiger partial charge >= 0.3 is 0 Å². The highest BCUT2D eigenvalue weighted by molar-refractivity contribution is 5.80. The first-order chi connectivity index (χ1) is 7.49. The summed E-state index contributed by atoms with van der Waals surface area (Å²) in [5.74, 6) is -4.19. The number of imidazole rings is 1. The lowest BCUT2D eigenvalue weighted by Gasteiger charge is -1.94. The number of halogens is 3. The van der Waals surface area contributed by atoms with E-state index in [-0.39, 0.29) is 29.1 Å². The Morgan fingerprint density at radius 1 is 1.38 bits per heavy atom. The number of carbonyl (C=O) groups is 1. The van der Waals surface area contributed by atoms with E-state index in [1.807, 2.05) is 0 Å². The predicted molar refractivity (Wildman–Crippen MR) is 50.4 cm³/mol. The Balaban J connectivity index is 2.62. The average Bonchev–Trinajstić information content (AvgIpc) is 2.56. The normalized spacial score (nSPS) is 11.0.